The van der Waals surface area contributed by atoms with Crippen molar-refractivity contribution >= 4 is 11.8 Å². The molecule has 2 amide bonds. The largest absolute Gasteiger partial charge is 0.351 e. The second kappa shape index (κ2) is 7.25. The molecule has 2 heterocycles. The number of pyridine rings is 1. The van der Waals surface area contributed by atoms with Crippen molar-refractivity contribution in [1.29, 1.82) is 0 Å². The van der Waals surface area contributed by atoms with Crippen molar-refractivity contribution in [2.45, 2.75) is 19.4 Å². The molecule has 124 valence electrons. The molecule has 1 aromatic carbocycles. The van der Waals surface area contributed by atoms with Crippen molar-refractivity contribution < 1.29 is 9.59 Å². The third kappa shape index (κ3) is 3.62. The van der Waals surface area contributed by atoms with E-state index in [0.717, 1.165) is 29.7 Å². The Morgan fingerprint density at radius 1 is 1.17 bits per heavy atom. The summed E-state index contributed by atoms with van der Waals surface area (Å²) in [6.07, 6.45) is 5.04. The average Bonchev–Trinajstić information content (AvgIpc) is 2.63. The maximum atomic E-state index is 12.3. The second-order valence-corrected chi connectivity index (χ2v) is 6.11. The predicted molar refractivity (Wildman–Crippen MR) is 91.9 cm³/mol. The molecule has 24 heavy (non-hydrogen) atoms. The normalized spacial score (nSPS) is 17.6. The predicted octanol–water partition coefficient (Wildman–Crippen LogP) is 2.23. The summed E-state index contributed by atoms with van der Waals surface area (Å²) >= 11 is 0. The highest BCUT2D eigenvalue weighted by Crippen LogP contribution is 2.19. The molecule has 1 aromatic heterocycles. The van der Waals surface area contributed by atoms with Crippen LogP contribution in [0.15, 0.2) is 48.8 Å². The Kier molecular flexibility index (Phi) is 4.89. The van der Waals surface area contributed by atoms with Gasteiger partial charge in [-0.25, -0.2) is 0 Å². The second-order valence-electron chi connectivity index (χ2n) is 6.11. The smallest absolute Gasteiger partial charge is 0.234 e. The summed E-state index contributed by atoms with van der Waals surface area (Å²) in [4.78, 5) is 29.9. The van der Waals surface area contributed by atoms with Crippen LogP contribution in [0.2, 0.25) is 0 Å². The van der Waals surface area contributed by atoms with Crippen LogP contribution in [0.25, 0.3) is 11.1 Å². The van der Waals surface area contributed by atoms with Crippen molar-refractivity contribution in [1.82, 2.24) is 15.2 Å². The Hall–Kier alpha value is -2.69. The zero-order valence-corrected chi connectivity index (χ0v) is 13.7. The van der Waals surface area contributed by atoms with E-state index >= 15 is 0 Å². The van der Waals surface area contributed by atoms with Crippen LogP contribution in [0, 0.1) is 5.92 Å². The van der Waals surface area contributed by atoms with Gasteiger partial charge in [0.15, 0.2) is 0 Å². The molecule has 1 unspecified atom stereocenters. The molecular formula is C19H21N3O2. The lowest BCUT2D eigenvalue weighted by atomic mass is 9.96. The number of aromatic nitrogens is 1. The number of carbonyl (C=O) groups excluding carboxylic acids is 2. The van der Waals surface area contributed by atoms with Gasteiger partial charge < -0.3 is 10.2 Å². The average molecular weight is 323 g/mol. The molecule has 1 aliphatic heterocycles. The molecule has 5 nitrogen and oxygen atoms in total. The number of rotatable bonds is 4. The number of carbonyl (C=O) groups is 2. The molecule has 0 radical (unpaired) electrons. The fourth-order valence-electron chi connectivity index (χ4n) is 2.95. The first-order chi connectivity index (χ1) is 11.6. The number of amides is 2. The topological polar surface area (TPSA) is 62.3 Å². The summed E-state index contributed by atoms with van der Waals surface area (Å²) in [7, 11) is 1.75. The first kappa shape index (κ1) is 16.2. The molecule has 1 atom stereocenters. The third-order valence-corrected chi connectivity index (χ3v) is 4.41. The summed E-state index contributed by atoms with van der Waals surface area (Å²) in [6, 6.07) is 12.0. The van der Waals surface area contributed by atoms with Crippen LogP contribution in [-0.2, 0) is 16.1 Å². The minimum Gasteiger partial charge on any atom is -0.351 e. The highest BCUT2D eigenvalue weighted by Gasteiger charge is 2.31. The van der Waals surface area contributed by atoms with Crippen LogP contribution in [0.3, 0.4) is 0 Å². The number of hydrogen-bond acceptors (Lipinski definition) is 3. The number of hydrogen-bond donors (Lipinski definition) is 1. The first-order valence-corrected chi connectivity index (χ1v) is 8.17. The summed E-state index contributed by atoms with van der Waals surface area (Å²) in [5.41, 5.74) is 3.23. The number of likely N-dealkylation sites (tertiary alicyclic amines) is 1. The fraction of sp³-hybridized carbons (Fsp3) is 0.316. The van der Waals surface area contributed by atoms with Gasteiger partial charge in [-0.1, -0.05) is 24.3 Å². The van der Waals surface area contributed by atoms with E-state index in [1.807, 2.05) is 36.4 Å². The van der Waals surface area contributed by atoms with E-state index in [1.54, 1.807) is 24.3 Å². The van der Waals surface area contributed by atoms with Gasteiger partial charge in [0.2, 0.25) is 11.8 Å². The molecule has 2 aromatic rings. The van der Waals surface area contributed by atoms with Gasteiger partial charge in [-0.05, 0) is 41.7 Å². The maximum absolute atomic E-state index is 12.3. The minimum absolute atomic E-state index is 0.0771. The minimum atomic E-state index is -0.542. The van der Waals surface area contributed by atoms with Crippen molar-refractivity contribution in [3.8, 4) is 11.1 Å². The Morgan fingerprint density at radius 3 is 2.54 bits per heavy atom. The Balaban J connectivity index is 1.59. The molecule has 5 heteroatoms. The molecular weight excluding hydrogens is 302 g/mol. The van der Waals surface area contributed by atoms with Crippen LogP contribution in [0.4, 0.5) is 0 Å². The molecule has 0 aliphatic carbocycles. The van der Waals surface area contributed by atoms with Crippen molar-refractivity contribution in [2.75, 3.05) is 13.6 Å². The van der Waals surface area contributed by atoms with E-state index in [2.05, 4.69) is 10.3 Å². The highest BCUT2D eigenvalue weighted by atomic mass is 16.2. The summed E-state index contributed by atoms with van der Waals surface area (Å²) < 4.78 is 0. The first-order valence-electron chi connectivity index (χ1n) is 8.17. The van der Waals surface area contributed by atoms with Gasteiger partial charge in [0.25, 0.3) is 0 Å². The number of benzene rings is 1. The van der Waals surface area contributed by atoms with Crippen LogP contribution in [-0.4, -0.2) is 35.3 Å². The van der Waals surface area contributed by atoms with E-state index in [-0.39, 0.29) is 11.8 Å². The van der Waals surface area contributed by atoms with E-state index < -0.39 is 5.92 Å². The molecule has 0 saturated carbocycles. The van der Waals surface area contributed by atoms with Crippen LogP contribution in [0.1, 0.15) is 18.4 Å². The summed E-state index contributed by atoms with van der Waals surface area (Å²) in [5, 5.41) is 2.88. The molecule has 1 fully saturated rings. The highest BCUT2D eigenvalue weighted by molar-refractivity contribution is 6.00. The Bertz CT molecular complexity index is 713. The molecule has 3 rings (SSSR count). The zero-order valence-electron chi connectivity index (χ0n) is 13.7. The molecule has 0 bridgehead atoms. The van der Waals surface area contributed by atoms with Crippen molar-refractivity contribution in [3.05, 3.63) is 54.4 Å². The molecule has 1 aliphatic rings. The van der Waals surface area contributed by atoms with Gasteiger partial charge in [0.1, 0.15) is 5.92 Å². The van der Waals surface area contributed by atoms with E-state index in [0.29, 0.717) is 13.0 Å². The van der Waals surface area contributed by atoms with Crippen molar-refractivity contribution in [3.63, 3.8) is 0 Å². The van der Waals surface area contributed by atoms with Crippen LogP contribution in [0.5, 0.6) is 0 Å². The zero-order chi connectivity index (χ0) is 16.9. The van der Waals surface area contributed by atoms with Gasteiger partial charge in [0, 0.05) is 32.5 Å². The number of piperidine rings is 1. The summed E-state index contributed by atoms with van der Waals surface area (Å²) in [5.74, 6) is -0.795. The van der Waals surface area contributed by atoms with E-state index in [4.69, 9.17) is 0 Å². The molecule has 1 saturated heterocycles. The lowest BCUT2D eigenvalue weighted by Gasteiger charge is -2.28. The monoisotopic (exact) mass is 323 g/mol. The lowest BCUT2D eigenvalue weighted by molar-refractivity contribution is -0.144. The third-order valence-electron chi connectivity index (χ3n) is 4.41. The Morgan fingerprint density at radius 2 is 1.83 bits per heavy atom. The summed E-state index contributed by atoms with van der Waals surface area (Å²) in [6.45, 7) is 1.17. The van der Waals surface area contributed by atoms with Gasteiger partial charge in [-0.2, -0.15) is 0 Å². The van der Waals surface area contributed by atoms with Crippen molar-refractivity contribution in [2.24, 2.45) is 5.92 Å². The van der Waals surface area contributed by atoms with Gasteiger partial charge in [-0.15, -0.1) is 0 Å². The Labute approximate surface area is 141 Å². The van der Waals surface area contributed by atoms with Crippen LogP contribution >= 0.6 is 0 Å². The number of nitrogens with zero attached hydrogens (tertiary/aromatic N) is 2. The van der Waals surface area contributed by atoms with Gasteiger partial charge in [0.05, 0.1) is 0 Å². The SMILES string of the molecule is CN1CCCC(C(=O)NCc2ccc(-c3ccncc3)cc2)C1=O. The fourth-order valence-corrected chi connectivity index (χ4v) is 2.95. The number of nitrogens with one attached hydrogen (secondary N) is 1. The van der Waals surface area contributed by atoms with Gasteiger partial charge >= 0.3 is 0 Å². The van der Waals surface area contributed by atoms with E-state index in [9.17, 15) is 9.59 Å². The molecule has 1 N–H and O–H groups in total. The van der Waals surface area contributed by atoms with Gasteiger partial charge in [-0.3, -0.25) is 14.6 Å². The lowest BCUT2D eigenvalue weighted by Crippen LogP contribution is -2.45. The standard InChI is InChI=1S/C19H21N3O2/c1-22-12-2-3-17(19(22)24)18(23)21-13-14-4-6-15(7-5-14)16-8-10-20-11-9-16/h4-11,17H,2-3,12-13H2,1H3,(H,21,23). The van der Waals surface area contributed by atoms with E-state index in [1.165, 1.54) is 0 Å². The maximum Gasteiger partial charge on any atom is 0.234 e. The molecule has 0 spiro atoms. The van der Waals surface area contributed by atoms with Crippen LogP contribution < -0.4 is 5.32 Å². The quantitative estimate of drug-likeness (QED) is 0.878.